The molecule has 20 heavy (non-hydrogen) atoms. The van der Waals surface area contributed by atoms with Crippen LogP contribution in [0.4, 0.5) is 13.2 Å². The number of benzene rings is 1. The second-order valence-electron chi connectivity index (χ2n) is 4.02. The summed E-state index contributed by atoms with van der Waals surface area (Å²) >= 11 is 0. The molecule has 110 valence electrons. The summed E-state index contributed by atoms with van der Waals surface area (Å²) in [4.78, 5) is 21.2. The van der Waals surface area contributed by atoms with Gasteiger partial charge in [-0.15, -0.1) is 0 Å². The van der Waals surface area contributed by atoms with E-state index in [4.69, 9.17) is 0 Å². The van der Waals surface area contributed by atoms with Gasteiger partial charge in [0.05, 0.1) is 18.9 Å². The minimum absolute atomic E-state index is 0.0795. The number of hydrogen-bond donors (Lipinski definition) is 0. The third-order valence-corrected chi connectivity index (χ3v) is 2.57. The highest BCUT2D eigenvalue weighted by Gasteiger charge is 2.25. The molecular formula is C12H12F3NO4. The Morgan fingerprint density at radius 2 is 1.90 bits per heavy atom. The first-order valence-electron chi connectivity index (χ1n) is 5.77. The van der Waals surface area contributed by atoms with Crippen molar-refractivity contribution in [3.05, 3.63) is 45.3 Å². The molecule has 0 saturated carbocycles. The number of halogens is 3. The molecule has 0 amide bonds. The Morgan fingerprint density at radius 3 is 2.35 bits per heavy atom. The zero-order valence-corrected chi connectivity index (χ0v) is 10.6. The third kappa shape index (κ3) is 4.22. The first-order chi connectivity index (χ1) is 9.35. The van der Waals surface area contributed by atoms with Gasteiger partial charge in [-0.3, -0.25) is 14.9 Å². The zero-order valence-electron chi connectivity index (χ0n) is 10.6. The van der Waals surface area contributed by atoms with Crippen LogP contribution in [0.5, 0.6) is 0 Å². The topological polar surface area (TPSA) is 69.4 Å². The molecule has 5 nitrogen and oxygen atoms in total. The van der Waals surface area contributed by atoms with Crippen molar-refractivity contribution in [2.75, 3.05) is 13.2 Å². The van der Waals surface area contributed by atoms with Crippen molar-refractivity contribution in [2.24, 2.45) is 0 Å². The molecule has 0 saturated heterocycles. The van der Waals surface area contributed by atoms with E-state index >= 15 is 0 Å². The van der Waals surface area contributed by atoms with Crippen molar-refractivity contribution in [3.63, 3.8) is 0 Å². The number of nitro groups is 1. The van der Waals surface area contributed by atoms with E-state index in [0.717, 1.165) is 0 Å². The fourth-order valence-electron chi connectivity index (χ4n) is 1.70. The van der Waals surface area contributed by atoms with Crippen LogP contribution in [0.25, 0.3) is 0 Å². The number of esters is 1. The Labute approximate surface area is 112 Å². The Bertz CT molecular complexity index is 498. The minimum Gasteiger partial charge on any atom is -0.466 e. The standard InChI is InChI=1S/C12H12F3NO4/c1-2-20-11(17)5-8(6-16(18)19)7-3-9(13)12(15)10(14)4-7/h3-4,8H,2,5-6H2,1H3/t8-/m1/s1. The van der Waals surface area contributed by atoms with Gasteiger partial charge in [0.2, 0.25) is 6.54 Å². The second-order valence-corrected chi connectivity index (χ2v) is 4.02. The summed E-state index contributed by atoms with van der Waals surface area (Å²) in [5.41, 5.74) is -0.161. The average molecular weight is 291 g/mol. The first-order valence-corrected chi connectivity index (χ1v) is 5.77. The lowest BCUT2D eigenvalue weighted by Crippen LogP contribution is -2.18. The fraction of sp³-hybridized carbons (Fsp3) is 0.417. The summed E-state index contributed by atoms with van der Waals surface area (Å²) in [5.74, 6) is -6.41. The molecule has 0 aromatic heterocycles. The number of rotatable bonds is 6. The summed E-state index contributed by atoms with van der Waals surface area (Å²) < 4.78 is 43.7. The van der Waals surface area contributed by atoms with Crippen LogP contribution in [-0.2, 0) is 9.53 Å². The highest BCUT2D eigenvalue weighted by atomic mass is 19.2. The van der Waals surface area contributed by atoms with Crippen molar-refractivity contribution in [1.29, 1.82) is 0 Å². The van der Waals surface area contributed by atoms with Crippen LogP contribution in [-0.4, -0.2) is 24.0 Å². The van der Waals surface area contributed by atoms with Gasteiger partial charge in [-0.1, -0.05) is 0 Å². The largest absolute Gasteiger partial charge is 0.466 e. The van der Waals surface area contributed by atoms with Gasteiger partial charge in [0.15, 0.2) is 17.5 Å². The molecule has 0 aliphatic rings. The highest BCUT2D eigenvalue weighted by Crippen LogP contribution is 2.24. The van der Waals surface area contributed by atoms with E-state index in [9.17, 15) is 28.1 Å². The van der Waals surface area contributed by atoms with E-state index in [2.05, 4.69) is 4.74 Å². The number of nitrogens with zero attached hydrogens (tertiary/aromatic N) is 1. The van der Waals surface area contributed by atoms with Gasteiger partial charge in [-0.05, 0) is 24.6 Å². The summed E-state index contributed by atoms with van der Waals surface area (Å²) in [6.07, 6.45) is -0.417. The number of carbonyl (C=O) groups is 1. The highest BCUT2D eigenvalue weighted by molar-refractivity contribution is 5.70. The van der Waals surface area contributed by atoms with Crippen molar-refractivity contribution in [1.82, 2.24) is 0 Å². The summed E-state index contributed by atoms with van der Waals surface area (Å²) in [5, 5.41) is 10.6. The van der Waals surface area contributed by atoms with Gasteiger partial charge in [0.1, 0.15) is 0 Å². The Morgan fingerprint density at radius 1 is 1.35 bits per heavy atom. The number of ether oxygens (including phenoxy) is 1. The first kappa shape index (κ1) is 15.9. The van der Waals surface area contributed by atoms with Crippen molar-refractivity contribution in [3.8, 4) is 0 Å². The van der Waals surface area contributed by atoms with Crippen LogP contribution in [0, 0.1) is 27.6 Å². The SMILES string of the molecule is CCOC(=O)C[C@H](C[N+](=O)[O-])c1cc(F)c(F)c(F)c1. The van der Waals surface area contributed by atoms with Crippen LogP contribution < -0.4 is 0 Å². The van der Waals surface area contributed by atoms with Crippen molar-refractivity contribution < 1.29 is 27.6 Å². The molecule has 0 unspecified atom stereocenters. The van der Waals surface area contributed by atoms with E-state index in [-0.39, 0.29) is 12.2 Å². The maximum absolute atomic E-state index is 13.1. The smallest absolute Gasteiger partial charge is 0.306 e. The monoisotopic (exact) mass is 291 g/mol. The van der Waals surface area contributed by atoms with Gasteiger partial charge in [-0.2, -0.15) is 0 Å². The van der Waals surface area contributed by atoms with Gasteiger partial charge in [0, 0.05) is 4.92 Å². The van der Waals surface area contributed by atoms with Crippen molar-refractivity contribution in [2.45, 2.75) is 19.3 Å². The van der Waals surface area contributed by atoms with Crippen LogP contribution in [0.15, 0.2) is 12.1 Å². The number of carbonyl (C=O) groups excluding carboxylic acids is 1. The lowest BCUT2D eigenvalue weighted by molar-refractivity contribution is -0.483. The third-order valence-electron chi connectivity index (χ3n) is 2.57. The van der Waals surface area contributed by atoms with E-state index in [1.807, 2.05) is 0 Å². The molecule has 8 heteroatoms. The summed E-state index contributed by atoms with van der Waals surface area (Å²) in [6.45, 7) is 0.914. The summed E-state index contributed by atoms with van der Waals surface area (Å²) in [6, 6.07) is 1.29. The average Bonchev–Trinajstić information content (AvgIpc) is 2.34. The lowest BCUT2D eigenvalue weighted by atomic mass is 9.95. The maximum atomic E-state index is 13.1. The molecular weight excluding hydrogens is 279 g/mol. The molecule has 0 spiro atoms. The van der Waals surface area contributed by atoms with Crippen LogP contribution >= 0.6 is 0 Å². The molecule has 0 fully saturated rings. The summed E-state index contributed by atoms with van der Waals surface area (Å²) in [7, 11) is 0. The van der Waals surface area contributed by atoms with Crippen LogP contribution in [0.2, 0.25) is 0 Å². The van der Waals surface area contributed by atoms with E-state index in [1.54, 1.807) is 6.92 Å². The Kier molecular flexibility index (Phi) is 5.48. The predicted octanol–water partition coefficient (Wildman–Crippen LogP) is 2.42. The zero-order chi connectivity index (χ0) is 15.3. The van der Waals surface area contributed by atoms with Crippen LogP contribution in [0.3, 0.4) is 0 Å². The molecule has 1 aromatic carbocycles. The second kappa shape index (κ2) is 6.88. The van der Waals surface area contributed by atoms with Gasteiger partial charge in [-0.25, -0.2) is 13.2 Å². The molecule has 0 N–H and O–H groups in total. The normalized spacial score (nSPS) is 12.0. The molecule has 1 rings (SSSR count). The Balaban J connectivity index is 3.04. The fourth-order valence-corrected chi connectivity index (χ4v) is 1.70. The molecule has 0 aliphatic heterocycles. The van der Waals surface area contributed by atoms with Gasteiger partial charge < -0.3 is 4.74 Å². The molecule has 1 aromatic rings. The van der Waals surface area contributed by atoms with Crippen molar-refractivity contribution >= 4 is 5.97 Å². The molecule has 0 heterocycles. The van der Waals surface area contributed by atoms with E-state index in [0.29, 0.717) is 12.1 Å². The Hall–Kier alpha value is -2.12. The predicted molar refractivity (Wildman–Crippen MR) is 62.2 cm³/mol. The van der Waals surface area contributed by atoms with Gasteiger partial charge >= 0.3 is 5.97 Å². The maximum Gasteiger partial charge on any atom is 0.306 e. The molecule has 1 atom stereocenters. The van der Waals surface area contributed by atoms with Gasteiger partial charge in [0.25, 0.3) is 0 Å². The lowest BCUT2D eigenvalue weighted by Gasteiger charge is -2.13. The molecule has 0 bridgehead atoms. The van der Waals surface area contributed by atoms with Crippen LogP contribution in [0.1, 0.15) is 24.8 Å². The quantitative estimate of drug-likeness (QED) is 0.349. The molecule has 0 aliphatic carbocycles. The van der Waals surface area contributed by atoms with E-state index in [1.165, 1.54) is 0 Å². The molecule has 0 radical (unpaired) electrons. The van der Waals surface area contributed by atoms with E-state index < -0.39 is 47.2 Å². The number of hydrogen-bond acceptors (Lipinski definition) is 4. The minimum atomic E-state index is -1.66.